The summed E-state index contributed by atoms with van der Waals surface area (Å²) in [4.78, 5) is 29.4. The number of β-amino-alcohol motifs (C(OH)–C–C–N with tert-alkyl or cyclic N) is 1. The van der Waals surface area contributed by atoms with Crippen LogP contribution >= 0.6 is 0 Å². The first kappa shape index (κ1) is 23.2. The summed E-state index contributed by atoms with van der Waals surface area (Å²) in [5.74, 6) is 0.345. The van der Waals surface area contributed by atoms with Crippen LogP contribution in [0.1, 0.15) is 35.5 Å². The average Bonchev–Trinajstić information content (AvgIpc) is 3.52. The van der Waals surface area contributed by atoms with E-state index in [0.29, 0.717) is 31.2 Å². The van der Waals surface area contributed by atoms with Gasteiger partial charge in [0, 0.05) is 48.1 Å². The molecule has 0 unspecified atom stereocenters. The van der Waals surface area contributed by atoms with E-state index in [0.717, 1.165) is 27.8 Å². The lowest BCUT2D eigenvalue weighted by Gasteiger charge is -2.23. The summed E-state index contributed by atoms with van der Waals surface area (Å²) >= 11 is 0. The summed E-state index contributed by atoms with van der Waals surface area (Å²) in [5, 5.41) is 19.0. The van der Waals surface area contributed by atoms with E-state index < -0.39 is 6.10 Å². The van der Waals surface area contributed by atoms with Crippen molar-refractivity contribution in [2.75, 3.05) is 18.2 Å². The average molecular weight is 476 g/mol. The molecule has 182 valence electrons. The van der Waals surface area contributed by atoms with Gasteiger partial charge in [-0.1, -0.05) is 19.9 Å². The number of aliphatic hydroxyl groups excluding tert-OH is 1. The predicted molar refractivity (Wildman–Crippen MR) is 131 cm³/mol. The van der Waals surface area contributed by atoms with Gasteiger partial charge >= 0.3 is 0 Å². The van der Waals surface area contributed by atoms with Crippen LogP contribution in [0.3, 0.4) is 0 Å². The van der Waals surface area contributed by atoms with Gasteiger partial charge in [0.15, 0.2) is 5.78 Å². The molecule has 0 saturated carbocycles. The van der Waals surface area contributed by atoms with Gasteiger partial charge in [0.2, 0.25) is 0 Å². The van der Waals surface area contributed by atoms with E-state index in [2.05, 4.69) is 9.97 Å². The van der Waals surface area contributed by atoms with Gasteiger partial charge in [-0.25, -0.2) is 9.97 Å². The number of anilines is 2. The van der Waals surface area contributed by atoms with Gasteiger partial charge in [-0.15, -0.1) is 0 Å². The smallest absolute Gasteiger partial charge is 0.251 e. The van der Waals surface area contributed by atoms with E-state index in [9.17, 15) is 9.90 Å². The fraction of sp³-hybridized carbons (Fsp3) is 0.360. The lowest BCUT2D eigenvalue weighted by Crippen LogP contribution is -2.27. The summed E-state index contributed by atoms with van der Waals surface area (Å²) < 4.78 is 1.97. The second kappa shape index (κ2) is 9.21. The van der Waals surface area contributed by atoms with Gasteiger partial charge in [0.25, 0.3) is 5.95 Å². The molecule has 0 amide bonds. The maximum Gasteiger partial charge on any atom is 0.251 e. The number of carbonyl (C=O) groups is 1. The molecule has 10 heteroatoms. The summed E-state index contributed by atoms with van der Waals surface area (Å²) in [6.45, 7) is 6.96. The summed E-state index contributed by atoms with van der Waals surface area (Å²) in [5.41, 5.74) is 4.09. The molecule has 1 fully saturated rings. The summed E-state index contributed by atoms with van der Waals surface area (Å²) in [6, 6.07) is 7.66. The number of carbonyl (C=O) groups excluding carboxylic acids is 1. The van der Waals surface area contributed by atoms with E-state index >= 15 is 0 Å². The van der Waals surface area contributed by atoms with Crippen LogP contribution in [0.25, 0.3) is 10.9 Å². The number of ketones is 1. The van der Waals surface area contributed by atoms with Gasteiger partial charge < -0.3 is 9.67 Å². The number of hydrogen-bond donors (Lipinski definition) is 1. The van der Waals surface area contributed by atoms with Gasteiger partial charge in [0.1, 0.15) is 0 Å². The highest BCUT2D eigenvalue weighted by atomic mass is 16.7. The predicted octanol–water partition coefficient (Wildman–Crippen LogP) is 3.02. The van der Waals surface area contributed by atoms with Gasteiger partial charge in [-0.2, -0.15) is 20.0 Å². The van der Waals surface area contributed by atoms with Crippen LogP contribution in [0.4, 0.5) is 11.6 Å². The molecule has 1 atom stereocenters. The number of aliphatic hydroxyl groups is 1. The van der Waals surface area contributed by atoms with Crippen LogP contribution in [0.2, 0.25) is 0 Å². The van der Waals surface area contributed by atoms with Crippen molar-refractivity contribution in [1.82, 2.24) is 29.5 Å². The van der Waals surface area contributed by atoms with Crippen LogP contribution < -0.4 is 5.01 Å². The zero-order valence-electron chi connectivity index (χ0n) is 20.3. The molecule has 4 heterocycles. The minimum Gasteiger partial charge on any atom is -0.389 e. The zero-order chi connectivity index (χ0) is 24.7. The number of fused-ring (bicyclic) bond motifs is 1. The van der Waals surface area contributed by atoms with Crippen molar-refractivity contribution in [3.8, 4) is 0 Å². The van der Waals surface area contributed by atoms with Crippen LogP contribution in [-0.4, -0.2) is 59.6 Å². The highest BCUT2D eigenvalue weighted by Gasteiger charge is 2.27. The maximum absolute atomic E-state index is 13.2. The number of nitrogens with zero attached hydrogens (tertiary/aromatic N) is 7. The molecule has 0 bridgehead atoms. The summed E-state index contributed by atoms with van der Waals surface area (Å²) in [6.07, 6.45) is 6.66. The number of hydroxylamine groups is 2. The molecule has 1 aromatic carbocycles. The number of Topliss-reactive ketones (excluding diaryl/α,β-unsaturated/α-hetero) is 1. The molecule has 4 aromatic rings. The number of rotatable bonds is 7. The van der Waals surface area contributed by atoms with E-state index in [1.807, 2.05) is 68.0 Å². The van der Waals surface area contributed by atoms with E-state index in [4.69, 9.17) is 9.94 Å². The van der Waals surface area contributed by atoms with Crippen molar-refractivity contribution < 1.29 is 14.7 Å². The Morgan fingerprint density at radius 1 is 1.23 bits per heavy atom. The van der Waals surface area contributed by atoms with Crippen molar-refractivity contribution in [3.63, 3.8) is 0 Å². The molecule has 5 rings (SSSR count). The SMILES string of the molecule is Cc1nn(N(c2ncccn2)c2cccc3c2c(C(=O)C(C)C)cn3C)cc1CN1C[C@H](O)CO1. The molecule has 10 nitrogen and oxygen atoms in total. The molecule has 1 aliphatic rings. The number of aromatic nitrogens is 5. The Hall–Kier alpha value is -3.60. The highest BCUT2D eigenvalue weighted by molar-refractivity contribution is 6.13. The lowest BCUT2D eigenvalue weighted by atomic mass is 9.99. The fourth-order valence-corrected chi connectivity index (χ4v) is 4.38. The third kappa shape index (κ3) is 4.31. The first-order chi connectivity index (χ1) is 16.8. The normalized spacial score (nSPS) is 16.5. The minimum absolute atomic E-state index is 0.0686. The topological polar surface area (TPSA) is 102 Å². The fourth-order valence-electron chi connectivity index (χ4n) is 4.38. The van der Waals surface area contributed by atoms with Crippen LogP contribution in [0.5, 0.6) is 0 Å². The Bertz CT molecular complexity index is 1360. The number of hydrogen-bond acceptors (Lipinski definition) is 8. The Morgan fingerprint density at radius 2 is 2.00 bits per heavy atom. The summed E-state index contributed by atoms with van der Waals surface area (Å²) in [7, 11) is 1.94. The van der Waals surface area contributed by atoms with Gasteiger partial charge in [-0.05, 0) is 25.1 Å². The second-order valence-corrected chi connectivity index (χ2v) is 9.14. The highest BCUT2D eigenvalue weighted by Crippen LogP contribution is 2.35. The van der Waals surface area contributed by atoms with Gasteiger partial charge in [0.05, 0.1) is 48.9 Å². The Morgan fingerprint density at radius 3 is 2.69 bits per heavy atom. The van der Waals surface area contributed by atoms with Crippen LogP contribution in [-0.2, 0) is 18.4 Å². The van der Waals surface area contributed by atoms with Crippen molar-refractivity contribution in [1.29, 1.82) is 0 Å². The third-order valence-corrected chi connectivity index (χ3v) is 6.16. The molecule has 1 saturated heterocycles. The molecule has 0 radical (unpaired) electrons. The molecular weight excluding hydrogens is 446 g/mol. The molecule has 35 heavy (non-hydrogen) atoms. The standard InChI is InChI=1S/C25H29N7O3/c1-16(2)24(34)20-14-29(4)21-7-5-8-22(23(20)21)32(25-26-9-6-10-27-25)31-12-18(17(3)28-31)11-30-13-19(33)15-35-30/h5-10,12,14,16,19,33H,11,13,15H2,1-4H3/t19-/m0/s1. The molecule has 1 aliphatic heterocycles. The van der Waals surface area contributed by atoms with Crippen molar-refractivity contribution >= 4 is 28.3 Å². The zero-order valence-corrected chi connectivity index (χ0v) is 20.3. The molecule has 3 aromatic heterocycles. The maximum atomic E-state index is 13.2. The number of aryl methyl sites for hydroxylation is 2. The Kier molecular flexibility index (Phi) is 6.10. The van der Waals surface area contributed by atoms with Crippen molar-refractivity contribution in [2.24, 2.45) is 13.0 Å². The first-order valence-electron chi connectivity index (χ1n) is 11.6. The molecule has 1 N–H and O–H groups in total. The Labute approximate surface area is 203 Å². The monoisotopic (exact) mass is 475 g/mol. The molecular formula is C25H29N7O3. The van der Waals surface area contributed by atoms with E-state index in [1.165, 1.54) is 0 Å². The minimum atomic E-state index is -0.493. The van der Waals surface area contributed by atoms with E-state index in [1.54, 1.807) is 28.3 Å². The van der Waals surface area contributed by atoms with E-state index in [-0.39, 0.29) is 11.7 Å². The lowest BCUT2D eigenvalue weighted by molar-refractivity contribution is -0.118. The second-order valence-electron chi connectivity index (χ2n) is 9.14. The molecule has 0 spiro atoms. The Balaban J connectivity index is 1.66. The van der Waals surface area contributed by atoms with Gasteiger partial charge in [-0.3, -0.25) is 9.63 Å². The van der Waals surface area contributed by atoms with Crippen molar-refractivity contribution in [2.45, 2.75) is 33.4 Å². The first-order valence-corrected chi connectivity index (χ1v) is 11.6. The molecule has 0 aliphatic carbocycles. The van der Waals surface area contributed by atoms with Crippen molar-refractivity contribution in [3.05, 3.63) is 65.9 Å². The largest absolute Gasteiger partial charge is 0.389 e. The quantitative estimate of drug-likeness (QED) is 0.407. The van der Waals surface area contributed by atoms with Crippen LogP contribution in [0, 0.1) is 12.8 Å². The third-order valence-electron chi connectivity index (χ3n) is 6.16. The number of benzene rings is 1. The van der Waals surface area contributed by atoms with Crippen LogP contribution in [0.15, 0.2) is 49.1 Å².